The predicted molar refractivity (Wildman–Crippen MR) is 82.9 cm³/mol. The van der Waals surface area contributed by atoms with Gasteiger partial charge in [-0.05, 0) is 12.0 Å². The highest BCUT2D eigenvalue weighted by atomic mass is 35.5. The molecule has 114 valence electrons. The van der Waals surface area contributed by atoms with Gasteiger partial charge in [-0.2, -0.15) is 0 Å². The first-order chi connectivity index (χ1) is 9.92. The van der Waals surface area contributed by atoms with E-state index in [1.54, 1.807) is 6.08 Å². The summed E-state index contributed by atoms with van der Waals surface area (Å²) in [6, 6.07) is 0. The highest BCUT2D eigenvalue weighted by Gasteiger charge is 2.23. The molecule has 0 atom stereocenters. The summed E-state index contributed by atoms with van der Waals surface area (Å²) in [6.07, 6.45) is 5.35. The lowest BCUT2D eigenvalue weighted by Crippen LogP contribution is -2.13. The number of carboxylic acid groups (broad SMARTS) is 1. The van der Waals surface area contributed by atoms with Crippen LogP contribution in [0.1, 0.15) is 30.1 Å². The summed E-state index contributed by atoms with van der Waals surface area (Å²) in [4.78, 5) is 14.6. The quantitative estimate of drug-likeness (QED) is 0.568. The van der Waals surface area contributed by atoms with Gasteiger partial charge in [0, 0.05) is 6.54 Å². The van der Waals surface area contributed by atoms with E-state index in [-0.39, 0.29) is 17.4 Å². The van der Waals surface area contributed by atoms with Crippen LogP contribution >= 0.6 is 23.2 Å². The number of pyridine rings is 1. The molecule has 2 N–H and O–H groups in total. The maximum absolute atomic E-state index is 14.0. The Bertz CT molecular complexity index is 589. The Morgan fingerprint density at radius 1 is 1.48 bits per heavy atom. The van der Waals surface area contributed by atoms with E-state index in [0.717, 1.165) is 18.4 Å². The van der Waals surface area contributed by atoms with Crippen LogP contribution in [0.15, 0.2) is 24.3 Å². The van der Waals surface area contributed by atoms with Gasteiger partial charge in [-0.1, -0.05) is 55.3 Å². The van der Waals surface area contributed by atoms with Crippen molar-refractivity contribution in [2.45, 2.75) is 19.8 Å². The molecule has 1 rings (SSSR count). The van der Waals surface area contributed by atoms with Gasteiger partial charge in [0.15, 0.2) is 11.0 Å². The van der Waals surface area contributed by atoms with Gasteiger partial charge >= 0.3 is 5.97 Å². The number of anilines is 1. The number of aromatic carboxylic acids is 1. The normalized spacial score (nSPS) is 11.3. The minimum atomic E-state index is -1.39. The number of nitrogens with zero attached hydrogens (tertiary/aromatic N) is 1. The van der Waals surface area contributed by atoms with Crippen molar-refractivity contribution in [2.24, 2.45) is 0 Å². The lowest BCUT2D eigenvalue weighted by molar-refractivity contribution is 0.0697. The average molecular weight is 333 g/mol. The number of carbonyl (C=O) groups is 1. The maximum Gasteiger partial charge on any atom is 0.341 e. The van der Waals surface area contributed by atoms with E-state index in [1.165, 1.54) is 0 Å². The summed E-state index contributed by atoms with van der Waals surface area (Å²) >= 11 is 11.3. The first kappa shape index (κ1) is 17.5. The number of unbranched alkanes of at least 4 members (excludes halogenated alkanes) is 1. The molecular weight excluding hydrogens is 318 g/mol. The number of nitrogens with one attached hydrogen (secondary N) is 1. The first-order valence-corrected chi connectivity index (χ1v) is 7.01. The van der Waals surface area contributed by atoms with Gasteiger partial charge in [0.1, 0.15) is 10.7 Å². The van der Waals surface area contributed by atoms with Gasteiger partial charge in [0.2, 0.25) is 0 Å². The highest BCUT2D eigenvalue weighted by molar-refractivity contribution is 6.35. The lowest BCUT2D eigenvalue weighted by atomic mass is 10.1. The first-order valence-electron chi connectivity index (χ1n) is 6.25. The summed E-state index contributed by atoms with van der Waals surface area (Å²) in [7, 11) is 0. The molecule has 0 unspecified atom stereocenters. The Kier molecular flexibility index (Phi) is 6.65. The van der Waals surface area contributed by atoms with Crippen molar-refractivity contribution in [2.75, 3.05) is 11.9 Å². The van der Waals surface area contributed by atoms with Crippen LogP contribution in [0.25, 0.3) is 0 Å². The van der Waals surface area contributed by atoms with E-state index >= 15 is 0 Å². The van der Waals surface area contributed by atoms with Crippen molar-refractivity contribution in [3.05, 3.63) is 46.0 Å². The molecule has 0 saturated carbocycles. The molecule has 0 aliphatic carbocycles. The number of halogens is 3. The van der Waals surface area contributed by atoms with E-state index in [1.807, 2.05) is 13.0 Å². The van der Waals surface area contributed by atoms with Gasteiger partial charge in [0.05, 0.1) is 5.69 Å². The fraction of sp³-hybridized carbons (Fsp3) is 0.286. The van der Waals surface area contributed by atoms with Gasteiger partial charge in [-0.3, -0.25) is 0 Å². The number of carboxylic acids is 1. The summed E-state index contributed by atoms with van der Waals surface area (Å²) in [5.41, 5.74) is 0.0888. The zero-order valence-electron chi connectivity index (χ0n) is 11.4. The van der Waals surface area contributed by atoms with Crippen LogP contribution in [-0.2, 0) is 0 Å². The third-order valence-electron chi connectivity index (χ3n) is 2.69. The fourth-order valence-corrected chi connectivity index (χ4v) is 2.10. The molecule has 0 saturated heterocycles. The smallest absolute Gasteiger partial charge is 0.341 e. The van der Waals surface area contributed by atoms with Crippen molar-refractivity contribution < 1.29 is 14.3 Å². The molecule has 0 fully saturated rings. The molecule has 0 amide bonds. The standard InChI is InChI=1S/C14H15Cl2FN2O2/c1-3-5-6-8(4-2)7-18-11-9(14(20)21)12(15)19-13(16)10(11)17/h4,6H,2-3,5,7H2,1H3,(H,18,19)(H,20,21)/b8-6+. The Morgan fingerprint density at radius 2 is 2.14 bits per heavy atom. The molecule has 0 spiro atoms. The van der Waals surface area contributed by atoms with Crippen molar-refractivity contribution in [3.63, 3.8) is 0 Å². The Labute approximate surface area is 132 Å². The topological polar surface area (TPSA) is 62.2 Å². The van der Waals surface area contributed by atoms with Crippen molar-refractivity contribution >= 4 is 34.9 Å². The predicted octanol–water partition coefficient (Wildman–Crippen LogP) is 4.55. The van der Waals surface area contributed by atoms with E-state index in [9.17, 15) is 9.18 Å². The minimum absolute atomic E-state index is 0.206. The Morgan fingerprint density at radius 3 is 2.67 bits per heavy atom. The van der Waals surface area contributed by atoms with Crippen molar-refractivity contribution in [1.29, 1.82) is 0 Å². The maximum atomic E-state index is 14.0. The number of hydrogen-bond donors (Lipinski definition) is 2. The van der Waals surface area contributed by atoms with E-state index < -0.39 is 22.5 Å². The van der Waals surface area contributed by atoms with Crippen LogP contribution < -0.4 is 5.32 Å². The average Bonchev–Trinajstić information content (AvgIpc) is 2.43. The molecule has 7 heteroatoms. The monoisotopic (exact) mass is 332 g/mol. The van der Waals surface area contributed by atoms with Gasteiger partial charge in [-0.15, -0.1) is 0 Å². The molecule has 0 radical (unpaired) electrons. The van der Waals surface area contributed by atoms with Crippen molar-refractivity contribution in [3.8, 4) is 0 Å². The summed E-state index contributed by atoms with van der Waals surface area (Å²) in [5.74, 6) is -2.33. The molecule has 0 aromatic carbocycles. The van der Waals surface area contributed by atoms with Crippen molar-refractivity contribution in [1.82, 2.24) is 4.98 Å². The second-order valence-corrected chi connectivity index (χ2v) is 4.90. The van der Waals surface area contributed by atoms with Gasteiger partial charge in [-0.25, -0.2) is 14.2 Å². The largest absolute Gasteiger partial charge is 0.478 e. The minimum Gasteiger partial charge on any atom is -0.478 e. The van der Waals surface area contributed by atoms with Crippen LogP contribution in [0.5, 0.6) is 0 Å². The zero-order chi connectivity index (χ0) is 16.0. The number of rotatable bonds is 7. The van der Waals surface area contributed by atoms with Gasteiger partial charge in [0.25, 0.3) is 0 Å². The third-order valence-corrected chi connectivity index (χ3v) is 3.22. The van der Waals surface area contributed by atoms with Crippen LogP contribution in [0, 0.1) is 5.82 Å². The number of hydrogen-bond acceptors (Lipinski definition) is 3. The molecular formula is C14H15Cl2FN2O2. The van der Waals surface area contributed by atoms with Crippen LogP contribution in [0.2, 0.25) is 10.3 Å². The van der Waals surface area contributed by atoms with Crippen LogP contribution in [0.3, 0.4) is 0 Å². The third kappa shape index (κ3) is 4.44. The summed E-state index contributed by atoms with van der Waals surface area (Å²) in [5, 5.41) is 11.0. The van der Waals surface area contributed by atoms with E-state index in [4.69, 9.17) is 28.3 Å². The van der Waals surface area contributed by atoms with E-state index in [2.05, 4.69) is 16.9 Å². The number of aromatic nitrogens is 1. The van der Waals surface area contributed by atoms with Crippen LogP contribution in [0.4, 0.5) is 10.1 Å². The summed E-state index contributed by atoms with van der Waals surface area (Å²) in [6.45, 7) is 5.89. The molecule has 21 heavy (non-hydrogen) atoms. The Hall–Kier alpha value is -1.59. The Balaban J connectivity index is 3.12. The fourth-order valence-electron chi connectivity index (χ4n) is 1.62. The number of allylic oxidation sites excluding steroid dienone is 1. The van der Waals surface area contributed by atoms with Gasteiger partial charge < -0.3 is 10.4 Å². The summed E-state index contributed by atoms with van der Waals surface area (Å²) < 4.78 is 14.0. The zero-order valence-corrected chi connectivity index (χ0v) is 12.9. The second-order valence-electron chi connectivity index (χ2n) is 4.19. The molecule has 1 heterocycles. The van der Waals surface area contributed by atoms with Crippen LogP contribution in [-0.4, -0.2) is 22.6 Å². The second kappa shape index (κ2) is 8.00. The molecule has 0 aliphatic heterocycles. The molecule has 0 bridgehead atoms. The molecule has 1 aromatic heterocycles. The highest BCUT2D eigenvalue weighted by Crippen LogP contribution is 2.30. The SMILES string of the molecule is C=C/C(=C\CCC)CNc1c(F)c(Cl)nc(Cl)c1C(=O)O. The lowest BCUT2D eigenvalue weighted by Gasteiger charge is -2.13. The molecule has 4 nitrogen and oxygen atoms in total. The molecule has 1 aromatic rings. The van der Waals surface area contributed by atoms with E-state index in [0.29, 0.717) is 0 Å². The molecule has 0 aliphatic rings.